The topological polar surface area (TPSA) is 59.7 Å². The van der Waals surface area contributed by atoms with Crippen LogP contribution in [-0.4, -0.2) is 45.7 Å². The van der Waals surface area contributed by atoms with E-state index in [1.807, 2.05) is 21.5 Å². The molecule has 0 unspecified atom stereocenters. The van der Waals surface area contributed by atoms with Crippen molar-refractivity contribution < 1.29 is 9.53 Å². The second-order valence-corrected chi connectivity index (χ2v) is 5.29. The zero-order chi connectivity index (χ0) is 14.2. The SMILES string of the molecule is COCC(=O)N1CCC[C@@]1(C)c1ccnc2ccnn12. The molecule has 1 aliphatic heterocycles. The Balaban J connectivity index is 2.06. The molecular weight excluding hydrogens is 256 g/mol. The van der Waals surface area contributed by atoms with Gasteiger partial charge in [0.1, 0.15) is 6.61 Å². The lowest BCUT2D eigenvalue weighted by Gasteiger charge is -2.35. The van der Waals surface area contributed by atoms with Crippen molar-refractivity contribution >= 4 is 11.6 Å². The molecule has 1 fully saturated rings. The molecular formula is C14H18N4O2. The van der Waals surface area contributed by atoms with Crippen LogP contribution in [0.15, 0.2) is 24.5 Å². The minimum absolute atomic E-state index is 0.0182. The van der Waals surface area contributed by atoms with Gasteiger partial charge in [0.2, 0.25) is 5.91 Å². The summed E-state index contributed by atoms with van der Waals surface area (Å²) in [4.78, 5) is 18.4. The van der Waals surface area contributed by atoms with Crippen molar-refractivity contribution in [1.82, 2.24) is 19.5 Å². The first-order valence-corrected chi connectivity index (χ1v) is 6.75. The van der Waals surface area contributed by atoms with Crippen LogP contribution in [0.4, 0.5) is 0 Å². The van der Waals surface area contributed by atoms with E-state index in [2.05, 4.69) is 17.0 Å². The van der Waals surface area contributed by atoms with E-state index < -0.39 is 0 Å². The fourth-order valence-corrected chi connectivity index (χ4v) is 3.07. The maximum Gasteiger partial charge on any atom is 0.249 e. The van der Waals surface area contributed by atoms with E-state index in [4.69, 9.17) is 4.74 Å². The number of nitrogens with zero attached hydrogens (tertiary/aromatic N) is 4. The van der Waals surface area contributed by atoms with Crippen LogP contribution < -0.4 is 0 Å². The lowest BCUT2D eigenvalue weighted by molar-refractivity contribution is -0.139. The van der Waals surface area contributed by atoms with Crippen molar-refractivity contribution in [1.29, 1.82) is 0 Å². The number of likely N-dealkylation sites (tertiary alicyclic amines) is 1. The summed E-state index contributed by atoms with van der Waals surface area (Å²) in [6.45, 7) is 2.96. The molecule has 0 N–H and O–H groups in total. The fraction of sp³-hybridized carbons (Fsp3) is 0.500. The number of rotatable bonds is 3. The van der Waals surface area contributed by atoms with Gasteiger partial charge in [-0.25, -0.2) is 9.50 Å². The molecule has 0 bridgehead atoms. The van der Waals surface area contributed by atoms with Gasteiger partial charge in [0.25, 0.3) is 0 Å². The molecule has 0 spiro atoms. The van der Waals surface area contributed by atoms with Gasteiger partial charge in [0.15, 0.2) is 5.65 Å². The number of carbonyl (C=O) groups excluding carboxylic acids is 1. The van der Waals surface area contributed by atoms with Gasteiger partial charge in [-0.1, -0.05) is 0 Å². The van der Waals surface area contributed by atoms with E-state index in [0.717, 1.165) is 30.7 Å². The molecule has 1 saturated heterocycles. The Labute approximate surface area is 117 Å². The molecule has 6 heteroatoms. The van der Waals surface area contributed by atoms with Gasteiger partial charge in [-0.2, -0.15) is 5.10 Å². The van der Waals surface area contributed by atoms with Crippen molar-refractivity contribution in [3.05, 3.63) is 30.2 Å². The van der Waals surface area contributed by atoms with Crippen molar-refractivity contribution in [2.24, 2.45) is 0 Å². The standard InChI is InChI=1S/C14H18N4O2/c1-14(6-3-9-17(14)13(19)10-20-2)11-4-7-15-12-5-8-16-18(11)12/h4-5,7-8H,3,6,9-10H2,1-2H3/t14-/m0/s1. The van der Waals surface area contributed by atoms with E-state index >= 15 is 0 Å². The summed E-state index contributed by atoms with van der Waals surface area (Å²) in [6, 6.07) is 3.81. The Hall–Kier alpha value is -1.95. The van der Waals surface area contributed by atoms with Crippen molar-refractivity contribution in [2.45, 2.75) is 25.3 Å². The second-order valence-electron chi connectivity index (χ2n) is 5.29. The minimum atomic E-state index is -0.358. The summed E-state index contributed by atoms with van der Waals surface area (Å²) in [7, 11) is 1.55. The van der Waals surface area contributed by atoms with Crippen molar-refractivity contribution in [2.75, 3.05) is 20.3 Å². The van der Waals surface area contributed by atoms with Crippen LogP contribution in [0.25, 0.3) is 5.65 Å². The summed E-state index contributed by atoms with van der Waals surface area (Å²) < 4.78 is 6.81. The highest BCUT2D eigenvalue weighted by Crippen LogP contribution is 2.38. The van der Waals surface area contributed by atoms with E-state index in [9.17, 15) is 4.79 Å². The average molecular weight is 274 g/mol. The molecule has 0 aliphatic carbocycles. The number of amides is 1. The Kier molecular flexibility index (Phi) is 3.17. The number of carbonyl (C=O) groups is 1. The van der Waals surface area contributed by atoms with Crippen LogP contribution in [0.3, 0.4) is 0 Å². The molecule has 1 amide bonds. The van der Waals surface area contributed by atoms with Crippen LogP contribution in [0.1, 0.15) is 25.5 Å². The van der Waals surface area contributed by atoms with Gasteiger partial charge < -0.3 is 9.64 Å². The molecule has 0 aromatic carbocycles. The molecule has 6 nitrogen and oxygen atoms in total. The molecule has 2 aromatic heterocycles. The normalized spacial score (nSPS) is 22.6. The largest absolute Gasteiger partial charge is 0.375 e. The van der Waals surface area contributed by atoms with Crippen LogP contribution in [0.5, 0.6) is 0 Å². The van der Waals surface area contributed by atoms with E-state index in [1.54, 1.807) is 19.5 Å². The molecule has 106 valence electrons. The molecule has 20 heavy (non-hydrogen) atoms. The number of fused-ring (bicyclic) bond motifs is 1. The fourth-order valence-electron chi connectivity index (χ4n) is 3.07. The highest BCUT2D eigenvalue weighted by atomic mass is 16.5. The first-order chi connectivity index (χ1) is 9.66. The zero-order valence-corrected chi connectivity index (χ0v) is 11.7. The number of ether oxygens (including phenoxy) is 1. The minimum Gasteiger partial charge on any atom is -0.375 e. The monoisotopic (exact) mass is 274 g/mol. The van der Waals surface area contributed by atoms with Crippen LogP contribution in [0, 0.1) is 0 Å². The van der Waals surface area contributed by atoms with Crippen molar-refractivity contribution in [3.8, 4) is 0 Å². The summed E-state index contributed by atoms with van der Waals surface area (Å²) in [6.07, 6.45) is 5.40. The molecule has 1 atom stereocenters. The Morgan fingerprint density at radius 3 is 3.10 bits per heavy atom. The van der Waals surface area contributed by atoms with Crippen molar-refractivity contribution in [3.63, 3.8) is 0 Å². The molecule has 1 aliphatic rings. The third kappa shape index (κ3) is 1.87. The molecule has 2 aromatic rings. The van der Waals surface area contributed by atoms with Crippen LogP contribution in [-0.2, 0) is 15.1 Å². The quantitative estimate of drug-likeness (QED) is 0.844. The number of aromatic nitrogens is 3. The van der Waals surface area contributed by atoms with E-state index in [-0.39, 0.29) is 18.1 Å². The molecule has 3 rings (SSSR count). The van der Waals surface area contributed by atoms with E-state index in [0.29, 0.717) is 0 Å². The third-order valence-electron chi connectivity index (χ3n) is 4.05. The Morgan fingerprint density at radius 2 is 2.30 bits per heavy atom. The van der Waals surface area contributed by atoms with Crippen LogP contribution >= 0.6 is 0 Å². The predicted molar refractivity (Wildman–Crippen MR) is 73.2 cm³/mol. The number of hydrogen-bond acceptors (Lipinski definition) is 4. The number of hydrogen-bond donors (Lipinski definition) is 0. The molecule has 0 radical (unpaired) electrons. The summed E-state index contributed by atoms with van der Waals surface area (Å²) in [5.41, 5.74) is 1.44. The molecule has 0 saturated carbocycles. The lowest BCUT2D eigenvalue weighted by atomic mass is 9.94. The average Bonchev–Trinajstić information content (AvgIpc) is 3.05. The Morgan fingerprint density at radius 1 is 1.45 bits per heavy atom. The summed E-state index contributed by atoms with van der Waals surface area (Å²) >= 11 is 0. The summed E-state index contributed by atoms with van der Waals surface area (Å²) in [5, 5.41) is 4.33. The second kappa shape index (κ2) is 4.86. The summed E-state index contributed by atoms with van der Waals surface area (Å²) in [5.74, 6) is 0.0182. The van der Waals surface area contributed by atoms with Gasteiger partial charge >= 0.3 is 0 Å². The van der Waals surface area contributed by atoms with Gasteiger partial charge in [0, 0.05) is 25.9 Å². The van der Waals surface area contributed by atoms with E-state index in [1.165, 1.54) is 0 Å². The number of methoxy groups -OCH3 is 1. The highest BCUT2D eigenvalue weighted by molar-refractivity contribution is 5.78. The molecule has 3 heterocycles. The van der Waals surface area contributed by atoms with Gasteiger partial charge in [-0.05, 0) is 25.8 Å². The highest BCUT2D eigenvalue weighted by Gasteiger charge is 2.42. The first-order valence-electron chi connectivity index (χ1n) is 6.75. The predicted octanol–water partition coefficient (Wildman–Crippen LogP) is 1.21. The van der Waals surface area contributed by atoms with Gasteiger partial charge in [-0.3, -0.25) is 4.79 Å². The zero-order valence-electron chi connectivity index (χ0n) is 11.7. The smallest absolute Gasteiger partial charge is 0.249 e. The van der Waals surface area contributed by atoms with Crippen LogP contribution in [0.2, 0.25) is 0 Å². The Bertz CT molecular complexity index is 639. The third-order valence-corrected chi connectivity index (χ3v) is 4.05. The van der Waals surface area contributed by atoms with Gasteiger partial charge in [0.05, 0.1) is 17.4 Å². The maximum absolute atomic E-state index is 12.3. The first kappa shape index (κ1) is 13.1. The van der Waals surface area contributed by atoms with Gasteiger partial charge in [-0.15, -0.1) is 0 Å². The maximum atomic E-state index is 12.3. The lowest BCUT2D eigenvalue weighted by Crippen LogP contribution is -2.45.